The van der Waals surface area contributed by atoms with Gasteiger partial charge in [0.15, 0.2) is 16.6 Å². The number of amides is 1. The largest absolute Gasteiger partial charge is 0.490 e. The van der Waals surface area contributed by atoms with Crippen molar-refractivity contribution in [3.63, 3.8) is 0 Å². The molecule has 0 radical (unpaired) electrons. The molecule has 1 amide bonds. The summed E-state index contributed by atoms with van der Waals surface area (Å²) in [6.07, 6.45) is 3.96. The van der Waals surface area contributed by atoms with Gasteiger partial charge < -0.3 is 24.8 Å². The molecule has 0 fully saturated rings. The van der Waals surface area contributed by atoms with Crippen molar-refractivity contribution in [2.45, 2.75) is 44.7 Å². The third-order valence-corrected chi connectivity index (χ3v) is 8.57. The number of aryl methyl sites for hydroxylation is 1. The van der Waals surface area contributed by atoms with Gasteiger partial charge in [-0.2, -0.15) is 0 Å². The molecule has 6 rings (SSSR count). The van der Waals surface area contributed by atoms with Crippen LogP contribution in [0.3, 0.4) is 0 Å². The van der Waals surface area contributed by atoms with E-state index in [1.54, 1.807) is 23.5 Å². The first kappa shape index (κ1) is 27.8. The van der Waals surface area contributed by atoms with Gasteiger partial charge in [0.1, 0.15) is 0 Å². The summed E-state index contributed by atoms with van der Waals surface area (Å²) in [6, 6.07) is 22.4. The first-order chi connectivity index (χ1) is 20.5. The van der Waals surface area contributed by atoms with E-state index in [2.05, 4.69) is 39.9 Å². The van der Waals surface area contributed by atoms with Crippen LogP contribution in [0, 0.1) is 0 Å². The molecule has 1 aliphatic carbocycles. The lowest BCUT2D eigenvalue weighted by Crippen LogP contribution is -2.31. The number of hydrogen-bond donors (Lipinski definition) is 2. The Hall–Kier alpha value is -4.37. The first-order valence-corrected chi connectivity index (χ1v) is 15.2. The van der Waals surface area contributed by atoms with E-state index in [1.165, 1.54) is 11.1 Å². The summed E-state index contributed by atoms with van der Waals surface area (Å²) >= 11 is 1.63. The fourth-order valence-electron chi connectivity index (χ4n) is 5.56. The normalized spacial score (nSPS) is 15.8. The molecule has 216 valence electrons. The van der Waals surface area contributed by atoms with E-state index in [0.29, 0.717) is 25.3 Å². The van der Waals surface area contributed by atoms with Crippen molar-refractivity contribution in [3.8, 4) is 22.8 Å². The number of rotatable bonds is 9. The number of thiazole rings is 1. The number of carboxylic acid groups (broad SMARTS) is 1. The number of benzene rings is 3. The minimum absolute atomic E-state index is 0.0978. The minimum Gasteiger partial charge on any atom is -0.490 e. The number of nitrogens with one attached hydrogen (secondary N) is 1. The van der Waals surface area contributed by atoms with E-state index < -0.39 is 5.97 Å². The molecule has 1 aromatic heterocycles. The van der Waals surface area contributed by atoms with Gasteiger partial charge in [-0.3, -0.25) is 9.59 Å². The minimum atomic E-state index is -0.940. The zero-order valence-electron chi connectivity index (χ0n) is 23.3. The van der Waals surface area contributed by atoms with E-state index in [-0.39, 0.29) is 24.9 Å². The molecule has 0 saturated heterocycles. The van der Waals surface area contributed by atoms with Gasteiger partial charge in [-0.25, -0.2) is 4.98 Å². The van der Waals surface area contributed by atoms with Gasteiger partial charge in [-0.15, -0.1) is 11.3 Å². The van der Waals surface area contributed by atoms with Crippen molar-refractivity contribution in [2.24, 2.45) is 0 Å². The maximum atomic E-state index is 12.5. The quantitative estimate of drug-likeness (QED) is 0.240. The summed E-state index contributed by atoms with van der Waals surface area (Å²) in [5, 5.41) is 14.5. The van der Waals surface area contributed by atoms with Crippen LogP contribution >= 0.6 is 11.3 Å². The molecule has 0 bridgehead atoms. The van der Waals surface area contributed by atoms with Gasteiger partial charge in [0.25, 0.3) is 5.91 Å². The third kappa shape index (κ3) is 6.26. The second-order valence-electron chi connectivity index (χ2n) is 10.6. The van der Waals surface area contributed by atoms with Gasteiger partial charge in [0.05, 0.1) is 31.4 Å². The van der Waals surface area contributed by atoms with Crippen LogP contribution in [-0.4, -0.2) is 41.7 Å². The Morgan fingerprint density at radius 1 is 1.00 bits per heavy atom. The van der Waals surface area contributed by atoms with E-state index in [4.69, 9.17) is 19.6 Å². The molecule has 3 aromatic carbocycles. The Morgan fingerprint density at radius 3 is 2.64 bits per heavy atom. The summed E-state index contributed by atoms with van der Waals surface area (Å²) in [5.41, 5.74) is 6.17. The van der Waals surface area contributed by atoms with Gasteiger partial charge >= 0.3 is 5.97 Å². The highest BCUT2D eigenvalue weighted by Crippen LogP contribution is 2.41. The van der Waals surface area contributed by atoms with Crippen molar-refractivity contribution in [2.75, 3.05) is 24.7 Å². The summed E-state index contributed by atoms with van der Waals surface area (Å²) < 4.78 is 11.7. The fourth-order valence-corrected chi connectivity index (χ4v) is 6.44. The standard InChI is InChI=1S/C33H33N3O5S/c37-31(38)15-16-34-32(39)24-11-9-22(10-12-24)20-36(28-8-3-6-23-5-1-2-7-26(23)28)33-35-27(21-42-33)25-13-14-29-30(19-25)41-18-4-17-40-29/h1-2,5,7,9-14,19,21,28H,3-4,6,8,15-18,20H2,(H,34,39)(H,37,38). The lowest BCUT2D eigenvalue weighted by Gasteiger charge is -2.36. The average Bonchev–Trinajstić information content (AvgIpc) is 3.38. The molecule has 1 unspecified atom stereocenters. The molecule has 2 aliphatic rings. The van der Waals surface area contributed by atoms with Gasteiger partial charge in [0.2, 0.25) is 0 Å². The van der Waals surface area contributed by atoms with Crippen LogP contribution in [0.4, 0.5) is 5.13 Å². The van der Waals surface area contributed by atoms with E-state index in [0.717, 1.165) is 59.1 Å². The Morgan fingerprint density at radius 2 is 1.81 bits per heavy atom. The van der Waals surface area contributed by atoms with Crippen LogP contribution in [0.15, 0.2) is 72.1 Å². The number of nitrogens with zero attached hydrogens (tertiary/aromatic N) is 2. The second-order valence-corrected chi connectivity index (χ2v) is 11.4. The summed E-state index contributed by atoms with van der Waals surface area (Å²) in [5.74, 6) is 0.307. The van der Waals surface area contributed by atoms with Crippen LogP contribution < -0.4 is 19.7 Å². The molecule has 2 N–H and O–H groups in total. The van der Waals surface area contributed by atoms with Crippen LogP contribution in [0.1, 0.15) is 58.8 Å². The van der Waals surface area contributed by atoms with Gasteiger partial charge in [0, 0.05) is 36.0 Å². The maximum absolute atomic E-state index is 12.5. The SMILES string of the molecule is O=C(O)CCNC(=O)c1ccc(CN(c2nc(-c3ccc4c(c3)OCCCO4)cs2)C2CCCc3ccccc32)cc1. The second kappa shape index (κ2) is 12.7. The number of hydrogen-bond acceptors (Lipinski definition) is 7. The molecule has 42 heavy (non-hydrogen) atoms. The van der Waals surface area contributed by atoms with Gasteiger partial charge in [-0.1, -0.05) is 36.4 Å². The maximum Gasteiger partial charge on any atom is 0.305 e. The number of ether oxygens (including phenoxy) is 2. The molecule has 0 spiro atoms. The molecular formula is C33H33N3O5S. The molecule has 9 heteroatoms. The molecule has 4 aromatic rings. The van der Waals surface area contributed by atoms with Crippen LogP contribution in [0.5, 0.6) is 11.5 Å². The zero-order chi connectivity index (χ0) is 28.9. The van der Waals surface area contributed by atoms with Crippen LogP contribution in [0.25, 0.3) is 11.3 Å². The van der Waals surface area contributed by atoms with Crippen LogP contribution in [0.2, 0.25) is 0 Å². The molecular weight excluding hydrogens is 550 g/mol. The monoisotopic (exact) mass is 583 g/mol. The highest BCUT2D eigenvalue weighted by Gasteiger charge is 2.28. The Kier molecular flexibility index (Phi) is 8.37. The Bertz CT molecular complexity index is 1570. The number of fused-ring (bicyclic) bond motifs is 2. The van der Waals surface area contributed by atoms with E-state index in [9.17, 15) is 9.59 Å². The molecule has 1 aliphatic heterocycles. The summed E-state index contributed by atoms with van der Waals surface area (Å²) in [4.78, 5) is 30.8. The Labute approximate surface area is 248 Å². The van der Waals surface area contributed by atoms with Crippen molar-refractivity contribution in [1.82, 2.24) is 10.3 Å². The van der Waals surface area contributed by atoms with E-state index >= 15 is 0 Å². The van der Waals surface area contributed by atoms with Crippen molar-refractivity contribution >= 4 is 28.3 Å². The molecule has 2 heterocycles. The predicted molar refractivity (Wildman–Crippen MR) is 162 cm³/mol. The number of aliphatic carboxylic acids is 1. The van der Waals surface area contributed by atoms with Gasteiger partial charge in [-0.05, 0) is 66.3 Å². The van der Waals surface area contributed by atoms with Crippen molar-refractivity contribution < 1.29 is 24.2 Å². The first-order valence-electron chi connectivity index (χ1n) is 14.3. The lowest BCUT2D eigenvalue weighted by molar-refractivity contribution is -0.136. The molecule has 0 saturated carbocycles. The highest BCUT2D eigenvalue weighted by atomic mass is 32.1. The molecule has 1 atom stereocenters. The summed E-state index contributed by atoms with van der Waals surface area (Å²) in [6.45, 7) is 2.02. The summed E-state index contributed by atoms with van der Waals surface area (Å²) in [7, 11) is 0. The fraction of sp³-hybridized carbons (Fsp3) is 0.303. The number of carboxylic acids is 1. The number of carbonyl (C=O) groups is 2. The number of carbonyl (C=O) groups excluding carboxylic acids is 1. The van der Waals surface area contributed by atoms with Crippen LogP contribution in [-0.2, 0) is 17.8 Å². The third-order valence-electron chi connectivity index (χ3n) is 7.69. The zero-order valence-corrected chi connectivity index (χ0v) is 24.1. The molecule has 8 nitrogen and oxygen atoms in total. The number of anilines is 1. The predicted octanol–water partition coefficient (Wildman–Crippen LogP) is 6.26. The smallest absolute Gasteiger partial charge is 0.305 e. The van der Waals surface area contributed by atoms with Crippen molar-refractivity contribution in [1.29, 1.82) is 0 Å². The topological polar surface area (TPSA) is 101 Å². The highest BCUT2D eigenvalue weighted by molar-refractivity contribution is 7.14. The number of aromatic nitrogens is 1. The van der Waals surface area contributed by atoms with E-state index in [1.807, 2.05) is 30.3 Å². The lowest BCUT2D eigenvalue weighted by atomic mass is 9.87. The average molecular weight is 584 g/mol. The Balaban J connectivity index is 1.27. The van der Waals surface area contributed by atoms with Crippen molar-refractivity contribution in [3.05, 3.63) is 94.4 Å².